The third-order valence-corrected chi connectivity index (χ3v) is 8.11. The molecule has 1 aromatic rings. The highest BCUT2D eigenvalue weighted by Crippen LogP contribution is 2.03. The van der Waals surface area contributed by atoms with E-state index in [4.69, 9.17) is 93.7 Å². The van der Waals surface area contributed by atoms with Crippen LogP contribution in [0.1, 0.15) is 77.2 Å². The van der Waals surface area contributed by atoms with E-state index in [9.17, 15) is 28.8 Å². The van der Waals surface area contributed by atoms with Gasteiger partial charge in [0, 0.05) is 13.1 Å². The molecule has 1 aromatic carbocycles. The van der Waals surface area contributed by atoms with E-state index in [0.717, 1.165) is 24.2 Å². The number of benzene rings is 1. The van der Waals surface area contributed by atoms with Gasteiger partial charge in [0.15, 0.2) is 11.9 Å². The minimum Gasteiger partial charge on any atom is -0.480 e. The summed E-state index contributed by atoms with van der Waals surface area (Å²) < 4.78 is 0. The number of carbonyl (C=O) groups is 6. The Labute approximate surface area is 379 Å². The molecule has 0 saturated carbocycles. The molecule has 0 saturated heterocycles. The second-order valence-corrected chi connectivity index (χ2v) is 14.9. The standard InChI is InChI=1S/C9H11NO2.2C6H14N4O2.C6H14N2O2.C6H13NO2.C5H11NO2S/c10-8(9(11)12)6-7-4-2-1-3-5-7;2*7-4(5(11)12)2-1-3-10-6(8)9;7-4-2-1-3-5(8)6(9)10;1-4(2)3-5(7)6(8)9;1-9-3-2-4(6)5(7)8/h1-5,8H,6,10H2,(H,11,12);2*4H,1-3,7H2,(H,11,12)(H4,8,9,10);5H,1-4,7-8H2,(H,9,10);4-5H,3,7H2,1-2H3,(H,8,9);4H,2-3,6H2,1H3,(H,7,8). The molecule has 64 heavy (non-hydrogen) atoms. The second-order valence-electron chi connectivity index (χ2n) is 14.0. The van der Waals surface area contributed by atoms with Crippen LogP contribution in [-0.2, 0) is 35.2 Å². The molecule has 6 unspecified atom stereocenters. The number of unbranched alkanes of at least 4 members (excludes halogenated alkanes) is 1. The smallest absolute Gasteiger partial charge is 0.320 e. The van der Waals surface area contributed by atoms with E-state index in [1.165, 1.54) is 0 Å². The molecular weight excluding hydrogens is 863 g/mol. The van der Waals surface area contributed by atoms with Gasteiger partial charge in [-0.2, -0.15) is 11.8 Å². The number of guanidine groups is 2. The first-order valence-electron chi connectivity index (χ1n) is 19.9. The van der Waals surface area contributed by atoms with Gasteiger partial charge in [-0.25, -0.2) is 0 Å². The number of thioether (sulfide) groups is 1. The molecule has 28 N–H and O–H groups in total. The van der Waals surface area contributed by atoms with E-state index in [2.05, 4.69) is 9.98 Å². The van der Waals surface area contributed by atoms with Crippen molar-refractivity contribution in [2.24, 2.45) is 79.0 Å². The summed E-state index contributed by atoms with van der Waals surface area (Å²) in [6.07, 6.45) is 7.49. The van der Waals surface area contributed by atoms with Gasteiger partial charge >= 0.3 is 35.8 Å². The van der Waals surface area contributed by atoms with Crippen LogP contribution in [0.3, 0.4) is 0 Å². The zero-order valence-corrected chi connectivity index (χ0v) is 37.9. The van der Waals surface area contributed by atoms with Gasteiger partial charge in [-0.1, -0.05) is 50.6 Å². The molecule has 6 atom stereocenters. The minimum absolute atomic E-state index is 0.0129. The van der Waals surface area contributed by atoms with Gasteiger partial charge < -0.3 is 93.7 Å². The van der Waals surface area contributed by atoms with Crippen molar-refractivity contribution in [3.8, 4) is 0 Å². The molecule has 0 aliphatic carbocycles. The Balaban J connectivity index is -0.000000219. The SMILES string of the molecule is CC(C)CC(N)C(=O)O.CSCCC(N)C(=O)O.NC(Cc1ccccc1)C(=O)O.NC(N)=NCCCC(N)C(=O)O.NC(N)=NCCCC(N)C(=O)O.NCCCCC(N)C(=O)O. The van der Waals surface area contributed by atoms with E-state index in [1.54, 1.807) is 11.8 Å². The van der Waals surface area contributed by atoms with Crippen LogP contribution in [0.25, 0.3) is 0 Å². The summed E-state index contributed by atoms with van der Waals surface area (Å²) in [5.41, 5.74) is 57.8. The van der Waals surface area contributed by atoms with Crippen molar-refractivity contribution in [3.05, 3.63) is 35.9 Å². The number of aliphatic carboxylic acids is 6. The van der Waals surface area contributed by atoms with Gasteiger partial charge in [0.2, 0.25) is 0 Å². The van der Waals surface area contributed by atoms with E-state index < -0.39 is 72.1 Å². The van der Waals surface area contributed by atoms with Gasteiger partial charge in [-0.15, -0.1) is 0 Å². The largest absolute Gasteiger partial charge is 0.480 e. The summed E-state index contributed by atoms with van der Waals surface area (Å²) in [6.45, 7) is 5.34. The topological polar surface area (TPSA) is 535 Å². The minimum atomic E-state index is -1.00. The molecule has 0 aliphatic rings. The lowest BCUT2D eigenvalue weighted by atomic mass is 10.1. The number of nitrogens with two attached hydrogens (primary N) is 11. The van der Waals surface area contributed by atoms with E-state index in [0.29, 0.717) is 76.9 Å². The molecule has 0 heterocycles. The van der Waals surface area contributed by atoms with Gasteiger partial charge in [0.25, 0.3) is 0 Å². The summed E-state index contributed by atoms with van der Waals surface area (Å²) in [5.74, 6) is -4.52. The van der Waals surface area contributed by atoms with E-state index in [1.807, 2.05) is 50.4 Å². The third-order valence-electron chi connectivity index (χ3n) is 7.46. The third kappa shape index (κ3) is 52.8. The fourth-order valence-corrected chi connectivity index (χ4v) is 4.34. The normalized spacial score (nSPS) is 12.7. The summed E-state index contributed by atoms with van der Waals surface area (Å²) >= 11 is 1.60. The number of nitrogens with zero attached hydrogens (tertiary/aromatic N) is 2. The fraction of sp³-hybridized carbons (Fsp3) is 0.632. The Kier molecular flexibility index (Phi) is 46.8. The Morgan fingerprint density at radius 2 is 0.875 bits per heavy atom. The Morgan fingerprint density at radius 1 is 0.531 bits per heavy atom. The Bertz CT molecular complexity index is 1420. The highest BCUT2D eigenvalue weighted by atomic mass is 32.2. The van der Waals surface area contributed by atoms with Crippen LogP contribution < -0.4 is 63.1 Å². The zero-order chi connectivity index (χ0) is 50.8. The Morgan fingerprint density at radius 3 is 1.16 bits per heavy atom. The Hall–Kier alpha value is -5.35. The molecule has 0 fully saturated rings. The predicted molar refractivity (Wildman–Crippen MR) is 249 cm³/mol. The zero-order valence-electron chi connectivity index (χ0n) is 37.1. The van der Waals surface area contributed by atoms with Crippen molar-refractivity contribution in [2.75, 3.05) is 31.6 Å². The maximum absolute atomic E-state index is 10.4. The second kappa shape index (κ2) is 44.3. The molecular formula is C38H77N13O12S. The number of carboxylic acid groups (broad SMARTS) is 6. The van der Waals surface area contributed by atoms with Crippen molar-refractivity contribution in [1.82, 2.24) is 0 Å². The first kappa shape index (κ1) is 67.7. The molecule has 0 aliphatic heterocycles. The van der Waals surface area contributed by atoms with Gasteiger partial charge in [0.05, 0.1) is 0 Å². The van der Waals surface area contributed by atoms with Crippen LogP contribution in [-0.4, -0.2) is 146 Å². The molecule has 1 rings (SSSR count). The van der Waals surface area contributed by atoms with Crippen LogP contribution in [0.2, 0.25) is 0 Å². The lowest BCUT2D eigenvalue weighted by molar-refractivity contribution is -0.139. The molecule has 0 bridgehead atoms. The maximum atomic E-state index is 10.4. The van der Waals surface area contributed by atoms with Gasteiger partial charge in [0.1, 0.15) is 36.3 Å². The summed E-state index contributed by atoms with van der Waals surface area (Å²) in [5, 5.41) is 50.2. The molecule has 0 amide bonds. The lowest BCUT2D eigenvalue weighted by Gasteiger charge is -2.07. The highest BCUT2D eigenvalue weighted by Gasteiger charge is 2.14. The lowest BCUT2D eigenvalue weighted by Crippen LogP contribution is -2.32. The monoisotopic (exact) mass is 940 g/mol. The van der Waals surface area contributed by atoms with Crippen molar-refractivity contribution < 1.29 is 59.4 Å². The maximum Gasteiger partial charge on any atom is 0.320 e. The van der Waals surface area contributed by atoms with Gasteiger partial charge in [-0.05, 0) is 87.8 Å². The van der Waals surface area contributed by atoms with Crippen LogP contribution in [0, 0.1) is 5.92 Å². The quantitative estimate of drug-likeness (QED) is 0.0278. The number of hydrogen-bond acceptors (Lipinski definition) is 16. The summed E-state index contributed by atoms with van der Waals surface area (Å²) in [7, 11) is 0. The number of rotatable bonds is 25. The van der Waals surface area contributed by atoms with Crippen molar-refractivity contribution in [2.45, 2.75) is 114 Å². The molecule has 26 heteroatoms. The molecule has 0 radical (unpaired) electrons. The average molecular weight is 940 g/mol. The number of hydrogen-bond donors (Lipinski definition) is 17. The van der Waals surface area contributed by atoms with Crippen LogP contribution in [0.15, 0.2) is 40.3 Å². The first-order chi connectivity index (χ1) is 29.7. The van der Waals surface area contributed by atoms with E-state index >= 15 is 0 Å². The number of aliphatic imine (C=N–C) groups is 2. The number of carboxylic acids is 6. The van der Waals surface area contributed by atoms with Crippen LogP contribution >= 0.6 is 11.8 Å². The first-order valence-corrected chi connectivity index (χ1v) is 21.3. The van der Waals surface area contributed by atoms with Crippen molar-refractivity contribution >= 4 is 59.5 Å². The summed E-state index contributed by atoms with van der Waals surface area (Å²) in [6, 6.07) is 4.81. The average Bonchev–Trinajstić information content (AvgIpc) is 3.21. The predicted octanol–water partition coefficient (Wildman–Crippen LogP) is -2.33. The van der Waals surface area contributed by atoms with Gasteiger partial charge in [-0.3, -0.25) is 38.8 Å². The molecule has 25 nitrogen and oxygen atoms in total. The van der Waals surface area contributed by atoms with Crippen molar-refractivity contribution in [1.29, 1.82) is 0 Å². The highest BCUT2D eigenvalue weighted by molar-refractivity contribution is 7.98. The van der Waals surface area contributed by atoms with Crippen LogP contribution in [0.5, 0.6) is 0 Å². The van der Waals surface area contributed by atoms with Crippen LogP contribution in [0.4, 0.5) is 0 Å². The molecule has 0 aromatic heterocycles. The summed E-state index contributed by atoms with van der Waals surface area (Å²) in [4.78, 5) is 68.5. The van der Waals surface area contributed by atoms with E-state index in [-0.39, 0.29) is 11.9 Å². The van der Waals surface area contributed by atoms with Crippen molar-refractivity contribution in [3.63, 3.8) is 0 Å². The molecule has 0 spiro atoms. The molecule has 372 valence electrons. The fourth-order valence-electron chi connectivity index (χ4n) is 3.85.